The Hall–Kier alpha value is 0.697. The zero-order valence-electron chi connectivity index (χ0n) is 16.6. The van der Waals surface area contributed by atoms with E-state index in [9.17, 15) is 0 Å². The second-order valence-corrected chi connectivity index (χ2v) is 18.5. The van der Waals surface area contributed by atoms with Crippen molar-refractivity contribution in [2.45, 2.75) is 135 Å². The van der Waals surface area contributed by atoms with E-state index in [0.717, 1.165) is 0 Å². The van der Waals surface area contributed by atoms with Gasteiger partial charge >= 0.3 is 0 Å². The van der Waals surface area contributed by atoms with Gasteiger partial charge in [-0.15, -0.1) is 15.3 Å². The topological polar surface area (TPSA) is 0 Å². The lowest BCUT2D eigenvalue weighted by Crippen LogP contribution is -2.13. The molecule has 140 valence electrons. The van der Waals surface area contributed by atoms with Gasteiger partial charge in [-0.2, -0.15) is 0 Å². The molecule has 0 aromatic rings. The Morgan fingerprint density at radius 3 is 1.00 bits per heavy atom. The third-order valence-corrected chi connectivity index (χ3v) is 7.61. The first kappa shape index (κ1) is 23.7. The molecule has 0 atom stereocenters. The Morgan fingerprint density at radius 2 is 0.739 bits per heavy atom. The minimum absolute atomic E-state index is 0.954. The lowest BCUT2D eigenvalue weighted by molar-refractivity contribution is 0.528. The van der Waals surface area contributed by atoms with Crippen LogP contribution in [0.4, 0.5) is 0 Å². The number of halogens is 1. The fraction of sp³-hybridized carbons (Fsp3) is 1.00. The highest BCUT2D eigenvalue weighted by Gasteiger charge is 2.14. The van der Waals surface area contributed by atoms with Crippen molar-refractivity contribution in [3.05, 3.63) is 0 Å². The summed E-state index contributed by atoms with van der Waals surface area (Å²) in [5, 5.41) is 0. The molecule has 0 saturated heterocycles. The molecule has 0 fully saturated rings. The third-order valence-electron chi connectivity index (χ3n) is 4.87. The third kappa shape index (κ3) is 22.7. The Morgan fingerprint density at radius 1 is 0.478 bits per heavy atom. The maximum atomic E-state index is 3.86. The van der Waals surface area contributed by atoms with Crippen LogP contribution in [0.15, 0.2) is 0 Å². The van der Waals surface area contributed by atoms with Gasteiger partial charge in [0.05, 0.1) is 0 Å². The number of hydrogen-bond acceptors (Lipinski definition) is 0. The molecule has 0 N–H and O–H groups in total. The number of rotatable bonds is 18. The van der Waals surface area contributed by atoms with Gasteiger partial charge < -0.3 is 0 Å². The van der Waals surface area contributed by atoms with E-state index in [1.807, 2.05) is 0 Å². The predicted molar refractivity (Wildman–Crippen MR) is 115 cm³/mol. The number of hydrogen-bond donors (Lipinski definition) is 0. The maximum absolute atomic E-state index is 3.86. The quantitative estimate of drug-likeness (QED) is 0.121. The maximum Gasteiger partial charge on any atom is 0.124 e. The van der Waals surface area contributed by atoms with Crippen LogP contribution in [0.2, 0.25) is 19.1 Å². The summed E-state index contributed by atoms with van der Waals surface area (Å²) in [6.45, 7) is 6.18. The molecular weight excluding hydrogens is 360 g/mol. The van der Waals surface area contributed by atoms with Crippen molar-refractivity contribution in [2.24, 2.45) is 0 Å². The Labute approximate surface area is 157 Å². The fourth-order valence-electron chi connectivity index (χ4n) is 3.27. The molecule has 2 heteroatoms. The molecule has 0 heterocycles. The van der Waals surface area contributed by atoms with Gasteiger partial charge in [0, 0.05) is 0 Å². The molecule has 0 aromatic carbocycles. The summed E-state index contributed by atoms with van der Waals surface area (Å²) in [6.07, 6.45) is 25.0. The van der Waals surface area contributed by atoms with Crippen molar-refractivity contribution in [1.82, 2.24) is 0 Å². The van der Waals surface area contributed by atoms with E-state index in [1.165, 1.54) is 115 Å². The Bertz CT molecular complexity index is 222. The lowest BCUT2D eigenvalue weighted by Gasteiger charge is -2.12. The van der Waals surface area contributed by atoms with Crippen molar-refractivity contribution in [3.8, 4) is 0 Å². The minimum atomic E-state index is -0.954. The summed E-state index contributed by atoms with van der Waals surface area (Å²) >= 11 is 3.86. The van der Waals surface area contributed by atoms with E-state index in [1.54, 1.807) is 0 Å². The molecule has 0 aliphatic carbocycles. The number of unbranched alkanes of at least 4 members (excludes halogenated alkanes) is 16. The highest BCUT2D eigenvalue weighted by molar-refractivity contribution is 9.26. The largest absolute Gasteiger partial charge is 0.127 e. The molecule has 0 bridgehead atoms. The van der Waals surface area contributed by atoms with Crippen molar-refractivity contribution in [1.29, 1.82) is 0 Å². The SMILES string of the molecule is CCCCCCCCCCCCCCCCCCC[Si](C)(C)Br. The summed E-state index contributed by atoms with van der Waals surface area (Å²) in [6, 6.07) is 1.45. The minimum Gasteiger partial charge on any atom is -0.127 e. The van der Waals surface area contributed by atoms with Crippen LogP contribution in [0.5, 0.6) is 0 Å². The average molecular weight is 406 g/mol. The summed E-state index contributed by atoms with van der Waals surface area (Å²) in [5.41, 5.74) is 0. The van der Waals surface area contributed by atoms with Gasteiger partial charge in [-0.1, -0.05) is 129 Å². The first-order valence-corrected chi connectivity index (χ1v) is 16.2. The molecule has 0 saturated carbocycles. The summed E-state index contributed by atoms with van der Waals surface area (Å²) in [4.78, 5) is 0. The van der Waals surface area contributed by atoms with Crippen LogP contribution < -0.4 is 0 Å². The molecule has 0 aliphatic heterocycles. The molecule has 23 heavy (non-hydrogen) atoms. The molecule has 0 rings (SSSR count). The van der Waals surface area contributed by atoms with Crippen LogP contribution >= 0.6 is 15.3 Å². The second kappa shape index (κ2) is 17.5. The van der Waals surface area contributed by atoms with Crippen LogP contribution in [0.25, 0.3) is 0 Å². The van der Waals surface area contributed by atoms with E-state index in [4.69, 9.17) is 0 Å². The molecule has 0 unspecified atom stereocenters. The van der Waals surface area contributed by atoms with Crippen molar-refractivity contribution < 1.29 is 0 Å². The van der Waals surface area contributed by atoms with E-state index < -0.39 is 6.69 Å². The monoisotopic (exact) mass is 404 g/mol. The zero-order chi connectivity index (χ0) is 17.2. The van der Waals surface area contributed by atoms with E-state index in [0.29, 0.717) is 0 Å². The van der Waals surface area contributed by atoms with E-state index in [2.05, 4.69) is 35.3 Å². The molecular formula is C21H45BrSi. The van der Waals surface area contributed by atoms with Crippen LogP contribution in [0.3, 0.4) is 0 Å². The Balaban J connectivity index is 3.00. The van der Waals surface area contributed by atoms with Gasteiger partial charge in [-0.3, -0.25) is 0 Å². The molecule has 0 nitrogen and oxygen atoms in total. The molecule has 0 aromatic heterocycles. The van der Waals surface area contributed by atoms with E-state index in [-0.39, 0.29) is 0 Å². The Kier molecular flexibility index (Phi) is 18.0. The highest BCUT2D eigenvalue weighted by Crippen LogP contribution is 2.21. The van der Waals surface area contributed by atoms with Gasteiger partial charge in [0.1, 0.15) is 6.69 Å². The molecule has 0 spiro atoms. The first-order valence-electron chi connectivity index (χ1n) is 10.7. The summed E-state index contributed by atoms with van der Waals surface area (Å²) in [5.74, 6) is 0. The second-order valence-electron chi connectivity index (χ2n) is 8.13. The highest BCUT2D eigenvalue weighted by atomic mass is 79.9. The van der Waals surface area contributed by atoms with Crippen molar-refractivity contribution in [3.63, 3.8) is 0 Å². The molecule has 0 radical (unpaired) electrons. The smallest absolute Gasteiger partial charge is 0.124 e. The van der Waals surface area contributed by atoms with Gasteiger partial charge in [-0.05, 0) is 6.04 Å². The van der Waals surface area contributed by atoms with Crippen LogP contribution in [0.1, 0.15) is 116 Å². The van der Waals surface area contributed by atoms with Gasteiger partial charge in [0.2, 0.25) is 0 Å². The fourth-order valence-corrected chi connectivity index (χ4v) is 5.20. The van der Waals surface area contributed by atoms with Crippen molar-refractivity contribution >= 4 is 22.0 Å². The predicted octanol–water partition coefficient (Wildman–Crippen LogP) is 9.24. The standard InChI is InChI=1S/C21H45BrSi/c1-4-5-6-7-8-9-10-11-12-13-14-15-16-17-18-19-20-21-23(2,3)22/h4-21H2,1-3H3. The van der Waals surface area contributed by atoms with Gasteiger partial charge in [0.25, 0.3) is 0 Å². The van der Waals surface area contributed by atoms with E-state index >= 15 is 0 Å². The summed E-state index contributed by atoms with van der Waals surface area (Å²) in [7, 11) is 0. The van der Waals surface area contributed by atoms with Crippen molar-refractivity contribution in [2.75, 3.05) is 0 Å². The zero-order valence-corrected chi connectivity index (χ0v) is 19.2. The lowest BCUT2D eigenvalue weighted by atomic mass is 10.0. The molecule has 0 aliphatic rings. The summed E-state index contributed by atoms with van der Waals surface area (Å²) < 4.78 is 0. The average Bonchev–Trinajstić information content (AvgIpc) is 2.49. The van der Waals surface area contributed by atoms with Crippen LogP contribution in [-0.4, -0.2) is 6.69 Å². The molecule has 0 amide bonds. The van der Waals surface area contributed by atoms with Gasteiger partial charge in [-0.25, -0.2) is 0 Å². The normalized spacial score (nSPS) is 12.0. The van der Waals surface area contributed by atoms with Crippen LogP contribution in [-0.2, 0) is 0 Å². The van der Waals surface area contributed by atoms with Crippen LogP contribution in [0, 0.1) is 0 Å². The first-order chi connectivity index (χ1) is 11.1. The van der Waals surface area contributed by atoms with Gasteiger partial charge in [0.15, 0.2) is 0 Å².